The second-order valence-electron chi connectivity index (χ2n) is 4.70. The lowest BCUT2D eigenvalue weighted by atomic mass is 10.2. The minimum absolute atomic E-state index is 0.467. The molecule has 1 N–H and O–H groups in total. The van der Waals surface area contributed by atoms with Crippen molar-refractivity contribution in [2.75, 3.05) is 7.11 Å². The van der Waals surface area contributed by atoms with Crippen molar-refractivity contribution in [2.45, 2.75) is 51.3 Å². The summed E-state index contributed by atoms with van der Waals surface area (Å²) in [4.78, 5) is 2.84. The number of rotatable bonds is 4. The summed E-state index contributed by atoms with van der Waals surface area (Å²) < 4.78 is 5.40. The fraction of sp³-hybridized carbons (Fsp3) is 0.692. The lowest BCUT2D eigenvalue weighted by Gasteiger charge is -2.18. The van der Waals surface area contributed by atoms with Gasteiger partial charge in [-0.2, -0.15) is 0 Å². The van der Waals surface area contributed by atoms with Crippen LogP contribution in [-0.2, 0) is 4.74 Å². The highest BCUT2D eigenvalue weighted by Crippen LogP contribution is 2.27. The Hall–Kier alpha value is -0.380. The third-order valence-electron chi connectivity index (χ3n) is 3.39. The second kappa shape index (κ2) is 5.30. The molecule has 0 bridgehead atoms. The third kappa shape index (κ3) is 2.84. The first-order chi connectivity index (χ1) is 7.69. The van der Waals surface area contributed by atoms with Crippen molar-refractivity contribution in [3.63, 3.8) is 0 Å². The molecule has 2 nitrogen and oxygen atoms in total. The van der Waals surface area contributed by atoms with Gasteiger partial charge in [0.15, 0.2) is 0 Å². The molecular weight excluding hydrogens is 218 g/mol. The Kier molecular flexibility index (Phi) is 4.00. The number of nitrogens with one attached hydrogen (secondary N) is 1. The van der Waals surface area contributed by atoms with Crippen LogP contribution in [0.2, 0.25) is 0 Å². The van der Waals surface area contributed by atoms with E-state index in [9.17, 15) is 0 Å². The van der Waals surface area contributed by atoms with Crippen molar-refractivity contribution in [3.05, 3.63) is 21.9 Å². The van der Waals surface area contributed by atoms with Crippen LogP contribution in [0, 0.1) is 6.92 Å². The second-order valence-corrected chi connectivity index (χ2v) is 6.02. The zero-order valence-corrected chi connectivity index (χ0v) is 11.1. The normalized spacial score (nSPS) is 27.2. The fourth-order valence-electron chi connectivity index (χ4n) is 2.43. The highest BCUT2D eigenvalue weighted by Gasteiger charge is 2.25. The minimum Gasteiger partial charge on any atom is -0.381 e. The molecule has 0 amide bonds. The standard InChI is InChI=1S/C13H21NOS/c1-9-4-7-13(16-9)10(2)14-11-5-6-12(8-11)15-3/h4,7,10-12,14H,5-6,8H2,1-3H3. The van der Waals surface area contributed by atoms with Crippen LogP contribution < -0.4 is 5.32 Å². The average molecular weight is 239 g/mol. The Labute approximate surface area is 102 Å². The molecule has 0 spiro atoms. The molecule has 2 rings (SSSR count). The van der Waals surface area contributed by atoms with Crippen LogP contribution in [0.5, 0.6) is 0 Å². The van der Waals surface area contributed by atoms with Crippen LogP contribution in [-0.4, -0.2) is 19.3 Å². The lowest BCUT2D eigenvalue weighted by Crippen LogP contribution is -2.29. The predicted molar refractivity (Wildman–Crippen MR) is 69.0 cm³/mol. The zero-order valence-electron chi connectivity index (χ0n) is 10.3. The van der Waals surface area contributed by atoms with Crippen molar-refractivity contribution in [1.29, 1.82) is 0 Å². The molecule has 3 heteroatoms. The number of methoxy groups -OCH3 is 1. The highest BCUT2D eigenvalue weighted by molar-refractivity contribution is 7.12. The van der Waals surface area contributed by atoms with Crippen molar-refractivity contribution < 1.29 is 4.74 Å². The van der Waals surface area contributed by atoms with Crippen LogP contribution in [0.1, 0.15) is 42.0 Å². The molecule has 16 heavy (non-hydrogen) atoms. The van der Waals surface area contributed by atoms with E-state index in [1.165, 1.54) is 22.6 Å². The topological polar surface area (TPSA) is 21.3 Å². The van der Waals surface area contributed by atoms with Gasteiger partial charge in [-0.15, -0.1) is 11.3 Å². The summed E-state index contributed by atoms with van der Waals surface area (Å²) in [5.41, 5.74) is 0. The molecule has 3 unspecified atom stereocenters. The van der Waals surface area contributed by atoms with Gasteiger partial charge in [0, 0.05) is 28.9 Å². The number of ether oxygens (including phenoxy) is 1. The van der Waals surface area contributed by atoms with E-state index in [1.807, 2.05) is 18.4 Å². The monoisotopic (exact) mass is 239 g/mol. The Balaban J connectivity index is 1.86. The molecule has 0 aliphatic heterocycles. The van der Waals surface area contributed by atoms with E-state index in [0.29, 0.717) is 18.2 Å². The summed E-state index contributed by atoms with van der Waals surface area (Å²) in [6.45, 7) is 4.42. The summed E-state index contributed by atoms with van der Waals surface area (Å²) in [6, 6.07) is 5.53. The van der Waals surface area contributed by atoms with Gasteiger partial charge in [0.25, 0.3) is 0 Å². The largest absolute Gasteiger partial charge is 0.381 e. The Morgan fingerprint density at radius 3 is 2.81 bits per heavy atom. The number of thiophene rings is 1. The van der Waals surface area contributed by atoms with E-state index in [4.69, 9.17) is 4.74 Å². The van der Waals surface area contributed by atoms with E-state index in [-0.39, 0.29) is 0 Å². The fourth-order valence-corrected chi connectivity index (χ4v) is 3.32. The molecule has 90 valence electrons. The van der Waals surface area contributed by atoms with Crippen molar-refractivity contribution >= 4 is 11.3 Å². The SMILES string of the molecule is COC1CCC(NC(C)c2ccc(C)s2)C1. The molecular formula is C13H21NOS. The van der Waals surface area contributed by atoms with Crippen LogP contribution in [0.15, 0.2) is 12.1 Å². The Morgan fingerprint density at radius 1 is 1.44 bits per heavy atom. The Morgan fingerprint density at radius 2 is 2.25 bits per heavy atom. The number of hydrogen-bond donors (Lipinski definition) is 1. The van der Waals surface area contributed by atoms with E-state index < -0.39 is 0 Å². The van der Waals surface area contributed by atoms with Gasteiger partial charge in [-0.05, 0) is 45.2 Å². The Bertz CT molecular complexity index is 336. The summed E-state index contributed by atoms with van der Waals surface area (Å²) in [5.74, 6) is 0. The average Bonchev–Trinajstić information content (AvgIpc) is 2.87. The zero-order chi connectivity index (χ0) is 11.5. The first-order valence-electron chi connectivity index (χ1n) is 6.04. The molecule has 1 aliphatic carbocycles. The lowest BCUT2D eigenvalue weighted by molar-refractivity contribution is 0.106. The van der Waals surface area contributed by atoms with Crippen LogP contribution >= 0.6 is 11.3 Å². The van der Waals surface area contributed by atoms with Gasteiger partial charge >= 0.3 is 0 Å². The maximum Gasteiger partial charge on any atom is 0.0586 e. The summed E-state index contributed by atoms with van der Waals surface area (Å²) in [6.07, 6.45) is 4.07. The molecule has 3 atom stereocenters. The molecule has 1 aromatic rings. The number of aryl methyl sites for hydroxylation is 1. The van der Waals surface area contributed by atoms with E-state index in [0.717, 1.165) is 6.42 Å². The van der Waals surface area contributed by atoms with Crippen LogP contribution in [0.4, 0.5) is 0 Å². The highest BCUT2D eigenvalue weighted by atomic mass is 32.1. The van der Waals surface area contributed by atoms with E-state index in [2.05, 4.69) is 31.3 Å². The minimum atomic E-state index is 0.467. The van der Waals surface area contributed by atoms with Gasteiger partial charge in [-0.1, -0.05) is 0 Å². The molecule has 1 fully saturated rings. The molecule has 0 saturated heterocycles. The smallest absolute Gasteiger partial charge is 0.0586 e. The van der Waals surface area contributed by atoms with Gasteiger partial charge in [-0.3, -0.25) is 0 Å². The third-order valence-corrected chi connectivity index (χ3v) is 4.57. The summed E-state index contributed by atoms with van der Waals surface area (Å²) >= 11 is 1.89. The maximum absolute atomic E-state index is 5.40. The van der Waals surface area contributed by atoms with Crippen molar-refractivity contribution in [3.8, 4) is 0 Å². The van der Waals surface area contributed by atoms with Gasteiger partial charge in [0.2, 0.25) is 0 Å². The van der Waals surface area contributed by atoms with Crippen molar-refractivity contribution in [2.24, 2.45) is 0 Å². The predicted octanol–water partition coefficient (Wildman–Crippen LogP) is 3.27. The van der Waals surface area contributed by atoms with Gasteiger partial charge in [-0.25, -0.2) is 0 Å². The molecule has 1 aliphatic rings. The first kappa shape index (κ1) is 12.1. The molecule has 0 radical (unpaired) electrons. The van der Waals surface area contributed by atoms with Crippen LogP contribution in [0.25, 0.3) is 0 Å². The van der Waals surface area contributed by atoms with Gasteiger partial charge in [0.1, 0.15) is 0 Å². The van der Waals surface area contributed by atoms with E-state index >= 15 is 0 Å². The van der Waals surface area contributed by atoms with Gasteiger partial charge < -0.3 is 10.1 Å². The summed E-state index contributed by atoms with van der Waals surface area (Å²) in [7, 11) is 1.82. The molecule has 1 saturated carbocycles. The number of hydrogen-bond acceptors (Lipinski definition) is 3. The van der Waals surface area contributed by atoms with Crippen LogP contribution in [0.3, 0.4) is 0 Å². The van der Waals surface area contributed by atoms with E-state index in [1.54, 1.807) is 0 Å². The first-order valence-corrected chi connectivity index (χ1v) is 6.86. The molecule has 1 heterocycles. The van der Waals surface area contributed by atoms with Crippen molar-refractivity contribution in [1.82, 2.24) is 5.32 Å². The molecule has 0 aromatic carbocycles. The molecule has 1 aromatic heterocycles. The van der Waals surface area contributed by atoms with Gasteiger partial charge in [0.05, 0.1) is 6.10 Å². The quantitative estimate of drug-likeness (QED) is 0.870. The summed E-state index contributed by atoms with van der Waals surface area (Å²) in [5, 5.41) is 3.70. The maximum atomic E-state index is 5.40.